The highest BCUT2D eigenvalue weighted by atomic mass is 15.3. The molecule has 2 atom stereocenters. The Morgan fingerprint density at radius 3 is 1.96 bits per heavy atom. The standard InChI is InChI=1S/C21H40N4/c1-21(2,3)24-15-19-4-5-20(16-24)25(19)14-17-8-12-23(13-9-17)18-6-10-22-11-7-18/h17-20,22H,4-16H2,1-3H3. The van der Waals surface area contributed by atoms with Gasteiger partial charge in [-0.15, -0.1) is 0 Å². The number of piperidine rings is 2. The van der Waals surface area contributed by atoms with Crippen molar-refractivity contribution in [2.75, 3.05) is 45.8 Å². The summed E-state index contributed by atoms with van der Waals surface area (Å²) in [5.41, 5.74) is 0.340. The molecule has 144 valence electrons. The number of piperazine rings is 1. The van der Waals surface area contributed by atoms with Crippen LogP contribution in [0.15, 0.2) is 0 Å². The zero-order valence-electron chi connectivity index (χ0n) is 16.8. The maximum atomic E-state index is 3.51. The number of fused-ring (bicyclic) bond motifs is 2. The first-order valence-electron chi connectivity index (χ1n) is 11.0. The average Bonchev–Trinajstić information content (AvgIpc) is 2.83. The van der Waals surface area contributed by atoms with Gasteiger partial charge >= 0.3 is 0 Å². The zero-order valence-corrected chi connectivity index (χ0v) is 16.8. The molecule has 4 fully saturated rings. The minimum absolute atomic E-state index is 0.340. The van der Waals surface area contributed by atoms with Gasteiger partial charge in [0.15, 0.2) is 0 Å². The molecule has 0 aromatic heterocycles. The molecule has 2 bridgehead atoms. The third-order valence-corrected chi connectivity index (χ3v) is 7.53. The summed E-state index contributed by atoms with van der Waals surface area (Å²) in [5.74, 6) is 0.947. The van der Waals surface area contributed by atoms with Crippen LogP contribution < -0.4 is 5.32 Å². The normalized spacial score (nSPS) is 34.7. The lowest BCUT2D eigenvalue weighted by atomic mass is 9.92. The largest absolute Gasteiger partial charge is 0.317 e. The fraction of sp³-hybridized carbons (Fsp3) is 1.00. The quantitative estimate of drug-likeness (QED) is 0.845. The molecule has 0 aliphatic carbocycles. The summed E-state index contributed by atoms with van der Waals surface area (Å²) in [6.45, 7) is 16.3. The van der Waals surface area contributed by atoms with E-state index in [-0.39, 0.29) is 0 Å². The van der Waals surface area contributed by atoms with Gasteiger partial charge in [-0.1, -0.05) is 0 Å². The molecular weight excluding hydrogens is 308 g/mol. The van der Waals surface area contributed by atoms with Gasteiger partial charge in [0.1, 0.15) is 0 Å². The van der Waals surface area contributed by atoms with Crippen molar-refractivity contribution in [3.8, 4) is 0 Å². The predicted molar refractivity (Wildman–Crippen MR) is 105 cm³/mol. The second-order valence-electron chi connectivity index (χ2n) is 10.1. The zero-order chi connectivity index (χ0) is 17.4. The van der Waals surface area contributed by atoms with Gasteiger partial charge in [0, 0.05) is 43.3 Å². The topological polar surface area (TPSA) is 21.8 Å². The molecule has 0 radical (unpaired) electrons. The predicted octanol–water partition coefficient (Wildman–Crippen LogP) is 2.40. The second-order valence-corrected chi connectivity index (χ2v) is 10.1. The Kier molecular flexibility index (Phi) is 5.43. The summed E-state index contributed by atoms with van der Waals surface area (Å²) in [4.78, 5) is 8.47. The molecule has 2 unspecified atom stereocenters. The van der Waals surface area contributed by atoms with E-state index in [0.29, 0.717) is 5.54 Å². The van der Waals surface area contributed by atoms with Crippen molar-refractivity contribution < 1.29 is 0 Å². The number of hydrogen-bond acceptors (Lipinski definition) is 4. The van der Waals surface area contributed by atoms with Gasteiger partial charge in [0.25, 0.3) is 0 Å². The Labute approximate surface area is 155 Å². The fourth-order valence-corrected chi connectivity index (χ4v) is 5.81. The van der Waals surface area contributed by atoms with Crippen LogP contribution in [0.25, 0.3) is 0 Å². The van der Waals surface area contributed by atoms with Crippen LogP contribution in [0.1, 0.15) is 59.3 Å². The van der Waals surface area contributed by atoms with Crippen LogP contribution in [-0.4, -0.2) is 84.2 Å². The number of likely N-dealkylation sites (tertiary alicyclic amines) is 2. The van der Waals surface area contributed by atoms with Crippen LogP contribution in [0.2, 0.25) is 0 Å². The van der Waals surface area contributed by atoms with Crippen LogP contribution in [0.4, 0.5) is 0 Å². The fourth-order valence-electron chi connectivity index (χ4n) is 5.81. The summed E-state index contributed by atoms with van der Waals surface area (Å²) < 4.78 is 0. The van der Waals surface area contributed by atoms with E-state index >= 15 is 0 Å². The molecule has 4 saturated heterocycles. The Hall–Kier alpha value is -0.160. The van der Waals surface area contributed by atoms with Crippen molar-refractivity contribution >= 4 is 0 Å². The lowest BCUT2D eigenvalue weighted by Gasteiger charge is -2.48. The van der Waals surface area contributed by atoms with Crippen molar-refractivity contribution in [3.63, 3.8) is 0 Å². The summed E-state index contributed by atoms with van der Waals surface area (Å²) in [6.07, 6.45) is 8.47. The summed E-state index contributed by atoms with van der Waals surface area (Å²) in [6, 6.07) is 2.54. The Bertz CT molecular complexity index is 418. The molecule has 0 saturated carbocycles. The van der Waals surface area contributed by atoms with Gasteiger partial charge in [-0.05, 0) is 91.4 Å². The molecular formula is C21H40N4. The molecule has 4 heterocycles. The molecule has 0 aromatic carbocycles. The van der Waals surface area contributed by atoms with Crippen molar-refractivity contribution in [1.82, 2.24) is 20.0 Å². The minimum Gasteiger partial charge on any atom is -0.317 e. The van der Waals surface area contributed by atoms with Crippen molar-refractivity contribution in [1.29, 1.82) is 0 Å². The Morgan fingerprint density at radius 1 is 0.800 bits per heavy atom. The lowest BCUT2D eigenvalue weighted by Crippen LogP contribution is -2.59. The molecule has 0 aromatic rings. The maximum absolute atomic E-state index is 3.51. The van der Waals surface area contributed by atoms with E-state index in [9.17, 15) is 0 Å². The number of nitrogens with zero attached hydrogens (tertiary/aromatic N) is 3. The van der Waals surface area contributed by atoms with E-state index in [2.05, 4.69) is 40.8 Å². The first-order chi connectivity index (χ1) is 12.0. The van der Waals surface area contributed by atoms with Gasteiger partial charge in [0.2, 0.25) is 0 Å². The van der Waals surface area contributed by atoms with E-state index < -0.39 is 0 Å². The highest BCUT2D eigenvalue weighted by molar-refractivity contribution is 4.99. The highest BCUT2D eigenvalue weighted by Gasteiger charge is 2.43. The van der Waals surface area contributed by atoms with Gasteiger partial charge in [-0.3, -0.25) is 9.80 Å². The van der Waals surface area contributed by atoms with Crippen LogP contribution in [0.5, 0.6) is 0 Å². The molecule has 4 aliphatic heterocycles. The molecule has 4 nitrogen and oxygen atoms in total. The molecule has 1 N–H and O–H groups in total. The maximum Gasteiger partial charge on any atom is 0.0227 e. The van der Waals surface area contributed by atoms with Crippen LogP contribution in [0.3, 0.4) is 0 Å². The SMILES string of the molecule is CC(C)(C)N1CC2CCC(C1)N2CC1CCN(C2CCNCC2)CC1. The second kappa shape index (κ2) is 7.46. The molecule has 4 aliphatic rings. The van der Waals surface area contributed by atoms with E-state index in [1.807, 2.05) is 0 Å². The van der Waals surface area contributed by atoms with Crippen LogP contribution in [-0.2, 0) is 0 Å². The minimum atomic E-state index is 0.340. The van der Waals surface area contributed by atoms with Gasteiger partial charge in [-0.2, -0.15) is 0 Å². The molecule has 4 heteroatoms. The summed E-state index contributed by atoms with van der Waals surface area (Å²) in [7, 11) is 0. The summed E-state index contributed by atoms with van der Waals surface area (Å²) >= 11 is 0. The molecule has 0 spiro atoms. The number of hydrogen-bond donors (Lipinski definition) is 1. The Morgan fingerprint density at radius 2 is 1.40 bits per heavy atom. The third-order valence-electron chi connectivity index (χ3n) is 7.53. The monoisotopic (exact) mass is 348 g/mol. The van der Waals surface area contributed by atoms with Crippen LogP contribution in [0, 0.1) is 5.92 Å². The van der Waals surface area contributed by atoms with Crippen LogP contribution >= 0.6 is 0 Å². The lowest BCUT2D eigenvalue weighted by molar-refractivity contribution is 0.000386. The third kappa shape index (κ3) is 4.07. The van der Waals surface area contributed by atoms with E-state index in [0.717, 1.165) is 24.0 Å². The number of nitrogens with one attached hydrogen (secondary N) is 1. The Balaban J connectivity index is 1.27. The van der Waals surface area contributed by atoms with Gasteiger partial charge in [0.05, 0.1) is 0 Å². The van der Waals surface area contributed by atoms with Crippen molar-refractivity contribution in [2.24, 2.45) is 5.92 Å². The van der Waals surface area contributed by atoms with Crippen molar-refractivity contribution in [3.05, 3.63) is 0 Å². The first-order valence-corrected chi connectivity index (χ1v) is 11.0. The van der Waals surface area contributed by atoms with E-state index in [4.69, 9.17) is 0 Å². The smallest absolute Gasteiger partial charge is 0.0227 e. The van der Waals surface area contributed by atoms with Gasteiger partial charge < -0.3 is 10.2 Å². The molecule has 4 rings (SSSR count). The first kappa shape index (κ1) is 18.2. The van der Waals surface area contributed by atoms with Crippen molar-refractivity contribution in [2.45, 2.75) is 83.0 Å². The highest BCUT2D eigenvalue weighted by Crippen LogP contribution is 2.35. The number of rotatable bonds is 3. The van der Waals surface area contributed by atoms with E-state index in [1.165, 1.54) is 84.3 Å². The molecule has 25 heavy (non-hydrogen) atoms. The van der Waals surface area contributed by atoms with E-state index in [1.54, 1.807) is 0 Å². The average molecular weight is 349 g/mol. The summed E-state index contributed by atoms with van der Waals surface area (Å²) in [5, 5.41) is 3.51. The molecule has 0 amide bonds. The van der Waals surface area contributed by atoms with Gasteiger partial charge in [-0.25, -0.2) is 0 Å².